The van der Waals surface area contributed by atoms with Crippen LogP contribution in [0.2, 0.25) is 0 Å². The van der Waals surface area contributed by atoms with Crippen molar-refractivity contribution in [2.24, 2.45) is 0 Å². The highest BCUT2D eigenvalue weighted by atomic mass is 79.9. The molecule has 0 radical (unpaired) electrons. The minimum atomic E-state index is -0.468. The van der Waals surface area contributed by atoms with Gasteiger partial charge < -0.3 is 4.74 Å². The van der Waals surface area contributed by atoms with Crippen LogP contribution in [0.5, 0.6) is 0 Å². The smallest absolute Gasteiger partial charge is 0.418 e. The molecule has 0 saturated heterocycles. The van der Waals surface area contributed by atoms with E-state index in [0.717, 1.165) is 21.8 Å². The van der Waals surface area contributed by atoms with Gasteiger partial charge >= 0.3 is 6.09 Å². The lowest BCUT2D eigenvalue weighted by Gasteiger charge is -2.19. The molecular formula is C11H15Br2NO2. The van der Waals surface area contributed by atoms with Crippen LogP contribution in [0, 0.1) is 0 Å². The number of halogens is 2. The number of hydrogen-bond acceptors (Lipinski definition) is 2. The molecule has 0 aliphatic rings. The summed E-state index contributed by atoms with van der Waals surface area (Å²) in [4.78, 5) is 11.8. The minimum Gasteiger partial charge on any atom is -0.443 e. The molecule has 0 spiro atoms. The SMILES string of the molecule is CC(C)(C)OC(=O)n1cc(CBr)c(CBr)c1. The maximum atomic E-state index is 11.8. The van der Waals surface area contributed by atoms with E-state index in [-0.39, 0.29) is 6.09 Å². The third kappa shape index (κ3) is 3.63. The number of nitrogens with zero attached hydrogens (tertiary/aromatic N) is 1. The van der Waals surface area contributed by atoms with Gasteiger partial charge in [-0.1, -0.05) is 31.9 Å². The second-order valence-electron chi connectivity index (χ2n) is 4.46. The average Bonchev–Trinajstić information content (AvgIpc) is 2.57. The van der Waals surface area contributed by atoms with Gasteiger partial charge in [-0.3, -0.25) is 4.57 Å². The summed E-state index contributed by atoms with van der Waals surface area (Å²) in [6.07, 6.45) is 3.24. The van der Waals surface area contributed by atoms with E-state index in [1.807, 2.05) is 20.8 Å². The zero-order valence-corrected chi connectivity index (χ0v) is 12.8. The number of rotatable bonds is 2. The molecule has 0 atom stereocenters. The van der Waals surface area contributed by atoms with E-state index >= 15 is 0 Å². The molecule has 0 aliphatic carbocycles. The molecule has 1 heterocycles. The molecule has 1 aromatic heterocycles. The van der Waals surface area contributed by atoms with Crippen molar-refractivity contribution in [2.45, 2.75) is 37.0 Å². The zero-order valence-electron chi connectivity index (χ0n) is 9.59. The maximum Gasteiger partial charge on any atom is 0.418 e. The quantitative estimate of drug-likeness (QED) is 0.751. The van der Waals surface area contributed by atoms with Gasteiger partial charge in [-0.05, 0) is 31.9 Å². The number of carbonyl (C=O) groups is 1. The van der Waals surface area contributed by atoms with E-state index in [0.29, 0.717) is 0 Å². The summed E-state index contributed by atoms with van der Waals surface area (Å²) < 4.78 is 6.76. The molecule has 16 heavy (non-hydrogen) atoms. The zero-order chi connectivity index (χ0) is 12.3. The normalized spacial score (nSPS) is 11.6. The Kier molecular flexibility index (Phi) is 4.62. The van der Waals surface area contributed by atoms with Crippen LogP contribution in [0.25, 0.3) is 0 Å². The molecule has 0 unspecified atom stereocenters. The van der Waals surface area contributed by atoms with Crippen LogP contribution in [0.15, 0.2) is 12.4 Å². The lowest BCUT2D eigenvalue weighted by atomic mass is 10.2. The molecule has 0 N–H and O–H groups in total. The topological polar surface area (TPSA) is 31.2 Å². The number of alkyl halides is 2. The van der Waals surface area contributed by atoms with Crippen LogP contribution >= 0.6 is 31.9 Å². The molecule has 0 amide bonds. The van der Waals surface area contributed by atoms with Crippen molar-refractivity contribution in [3.05, 3.63) is 23.5 Å². The number of aromatic nitrogens is 1. The minimum absolute atomic E-state index is 0.345. The third-order valence-electron chi connectivity index (χ3n) is 1.89. The van der Waals surface area contributed by atoms with Crippen molar-refractivity contribution in [3.63, 3.8) is 0 Å². The summed E-state index contributed by atoms with van der Waals surface area (Å²) in [5.41, 5.74) is 1.70. The van der Waals surface area contributed by atoms with Crippen LogP contribution in [0.1, 0.15) is 31.9 Å². The van der Waals surface area contributed by atoms with Crippen molar-refractivity contribution in [3.8, 4) is 0 Å². The van der Waals surface area contributed by atoms with E-state index in [1.165, 1.54) is 4.57 Å². The van der Waals surface area contributed by atoms with Crippen molar-refractivity contribution in [1.82, 2.24) is 4.57 Å². The maximum absolute atomic E-state index is 11.8. The van der Waals surface area contributed by atoms with Gasteiger partial charge in [-0.2, -0.15) is 0 Å². The standard InChI is InChI=1S/C11H15Br2NO2/c1-11(2,3)16-10(15)14-6-8(4-12)9(5-13)7-14/h6-7H,4-5H2,1-3H3. The highest BCUT2D eigenvalue weighted by molar-refractivity contribution is 9.09. The average molecular weight is 353 g/mol. The lowest BCUT2D eigenvalue weighted by Crippen LogP contribution is -2.26. The monoisotopic (exact) mass is 351 g/mol. The van der Waals surface area contributed by atoms with Crippen molar-refractivity contribution in [2.75, 3.05) is 0 Å². The molecule has 0 saturated carbocycles. The Morgan fingerprint density at radius 1 is 1.25 bits per heavy atom. The molecule has 3 nitrogen and oxygen atoms in total. The van der Waals surface area contributed by atoms with Crippen LogP contribution in [0.3, 0.4) is 0 Å². The molecule has 5 heteroatoms. The van der Waals surface area contributed by atoms with Gasteiger partial charge in [0.1, 0.15) is 5.60 Å². The molecule has 0 bridgehead atoms. The van der Waals surface area contributed by atoms with E-state index in [1.54, 1.807) is 12.4 Å². The van der Waals surface area contributed by atoms with Crippen LogP contribution in [0.4, 0.5) is 4.79 Å². The number of ether oxygens (including phenoxy) is 1. The van der Waals surface area contributed by atoms with Gasteiger partial charge in [0.2, 0.25) is 0 Å². The first-order chi connectivity index (χ1) is 7.37. The third-order valence-corrected chi connectivity index (χ3v) is 3.10. The van der Waals surface area contributed by atoms with Crippen molar-refractivity contribution < 1.29 is 9.53 Å². The summed E-state index contributed by atoms with van der Waals surface area (Å²) in [6, 6.07) is 0. The molecule has 90 valence electrons. The van der Waals surface area contributed by atoms with Crippen molar-refractivity contribution >= 4 is 38.0 Å². The molecule has 0 aromatic carbocycles. The first-order valence-corrected chi connectivity index (χ1v) is 7.16. The van der Waals surface area contributed by atoms with Crippen LogP contribution < -0.4 is 0 Å². The summed E-state index contributed by atoms with van der Waals surface area (Å²) in [5.74, 6) is 0. The lowest BCUT2D eigenvalue weighted by molar-refractivity contribution is 0.0537. The second-order valence-corrected chi connectivity index (χ2v) is 5.59. The highest BCUT2D eigenvalue weighted by Gasteiger charge is 2.18. The summed E-state index contributed by atoms with van der Waals surface area (Å²) in [5, 5.41) is 1.45. The highest BCUT2D eigenvalue weighted by Crippen LogP contribution is 2.18. The fraction of sp³-hybridized carbons (Fsp3) is 0.545. The van der Waals surface area contributed by atoms with Gasteiger partial charge in [0.15, 0.2) is 0 Å². The molecule has 1 rings (SSSR count). The Bertz CT molecular complexity index is 358. The predicted octanol–water partition coefficient (Wildman–Crippen LogP) is 4.06. The van der Waals surface area contributed by atoms with E-state index < -0.39 is 5.60 Å². The number of hydrogen-bond donors (Lipinski definition) is 0. The largest absolute Gasteiger partial charge is 0.443 e. The molecular weight excluding hydrogens is 338 g/mol. The fourth-order valence-electron chi connectivity index (χ4n) is 1.20. The van der Waals surface area contributed by atoms with Crippen molar-refractivity contribution in [1.29, 1.82) is 0 Å². The summed E-state index contributed by atoms with van der Waals surface area (Å²) >= 11 is 6.77. The van der Waals surface area contributed by atoms with E-state index in [9.17, 15) is 4.79 Å². The van der Waals surface area contributed by atoms with E-state index in [2.05, 4.69) is 31.9 Å². The Morgan fingerprint density at radius 2 is 1.69 bits per heavy atom. The van der Waals surface area contributed by atoms with Crippen LogP contribution in [-0.4, -0.2) is 16.3 Å². The van der Waals surface area contributed by atoms with Gasteiger partial charge in [0, 0.05) is 23.1 Å². The Morgan fingerprint density at radius 3 is 2.00 bits per heavy atom. The Balaban J connectivity index is 2.88. The predicted molar refractivity (Wildman–Crippen MR) is 71.3 cm³/mol. The van der Waals surface area contributed by atoms with Crippen LogP contribution in [-0.2, 0) is 15.4 Å². The second kappa shape index (κ2) is 5.36. The van der Waals surface area contributed by atoms with E-state index in [4.69, 9.17) is 4.74 Å². The first-order valence-electron chi connectivity index (χ1n) is 4.92. The molecule has 0 fully saturated rings. The number of carbonyl (C=O) groups excluding carboxylic acids is 1. The molecule has 0 aliphatic heterocycles. The van der Waals surface area contributed by atoms with Gasteiger partial charge in [0.05, 0.1) is 0 Å². The summed E-state index contributed by atoms with van der Waals surface area (Å²) in [7, 11) is 0. The Hall–Kier alpha value is -0.290. The summed E-state index contributed by atoms with van der Waals surface area (Å²) in [6.45, 7) is 5.56. The first kappa shape index (κ1) is 13.8. The molecule has 1 aromatic rings. The van der Waals surface area contributed by atoms with Gasteiger partial charge in [-0.15, -0.1) is 0 Å². The van der Waals surface area contributed by atoms with Gasteiger partial charge in [0.25, 0.3) is 0 Å². The Labute approximate surface area is 112 Å². The van der Waals surface area contributed by atoms with Gasteiger partial charge in [-0.25, -0.2) is 4.79 Å². The fourth-order valence-corrected chi connectivity index (χ4v) is 2.21.